The van der Waals surface area contributed by atoms with Crippen molar-refractivity contribution in [3.8, 4) is 11.7 Å². The molecule has 0 saturated carbocycles. The van der Waals surface area contributed by atoms with Crippen LogP contribution in [0.1, 0.15) is 25.1 Å². The molecule has 0 bridgehead atoms. The molecule has 5 heterocycles. The summed E-state index contributed by atoms with van der Waals surface area (Å²) in [7, 11) is 1.49. The van der Waals surface area contributed by atoms with Crippen molar-refractivity contribution in [2.45, 2.75) is 19.3 Å². The number of hydrogen-bond donors (Lipinski definition) is 0. The molecule has 3 aromatic rings. The molecule has 0 spiro atoms. The monoisotopic (exact) mass is 619 g/mol. The summed E-state index contributed by atoms with van der Waals surface area (Å²) in [4.78, 5) is 27.3. The summed E-state index contributed by atoms with van der Waals surface area (Å²) in [5, 5.41) is 0. The third-order valence-corrected chi connectivity index (χ3v) is 9.34. The minimum atomic E-state index is -2.85. The summed E-state index contributed by atoms with van der Waals surface area (Å²) in [6.07, 6.45) is -0.267. The molecule has 0 unspecified atom stereocenters. The lowest BCUT2D eigenvalue weighted by atomic mass is 10.3. The topological polar surface area (TPSA) is 87.9 Å². The molecule has 3 fully saturated rings. The number of methoxy groups -OCH3 is 1. The first-order valence-corrected chi connectivity index (χ1v) is 15.7. The molecule has 42 heavy (non-hydrogen) atoms. The number of fused-ring (bicyclic) bond motifs is 1. The Labute approximate surface area is 253 Å². The zero-order chi connectivity index (χ0) is 29.1. The first-order valence-electron chi connectivity index (χ1n) is 14.3. The Balaban J connectivity index is 1.26. The van der Waals surface area contributed by atoms with Gasteiger partial charge in [-0.25, -0.2) is 13.8 Å². The van der Waals surface area contributed by atoms with Crippen LogP contribution in [0.5, 0.6) is 5.75 Å². The molecule has 6 rings (SSSR count). The molecule has 3 saturated heterocycles. The number of thiocarbonyl (C=S) groups is 1. The third-order valence-electron chi connectivity index (χ3n) is 7.84. The highest BCUT2D eigenvalue weighted by atomic mass is 32.2. The largest absolute Gasteiger partial charge is 0.494 e. The minimum Gasteiger partial charge on any atom is -0.494 e. The average Bonchev–Trinajstić information content (AvgIpc) is 3.69. The minimum absolute atomic E-state index is 0.1000. The van der Waals surface area contributed by atoms with Crippen molar-refractivity contribution in [1.29, 1.82) is 0 Å². The lowest BCUT2D eigenvalue weighted by Gasteiger charge is -2.36. The lowest BCUT2D eigenvalue weighted by Crippen LogP contribution is -2.48. The molecule has 3 aliphatic rings. The number of aromatic nitrogens is 5. The zero-order valence-corrected chi connectivity index (χ0v) is 25.3. The molecule has 2 aromatic heterocycles. The van der Waals surface area contributed by atoms with Crippen LogP contribution in [-0.2, 0) is 4.74 Å². The smallest absolute Gasteiger partial charge is 0.296 e. The normalized spacial score (nSPS) is 18.4. The van der Waals surface area contributed by atoms with Gasteiger partial charge < -0.3 is 29.1 Å². The Hall–Kier alpha value is -2.88. The second-order valence-electron chi connectivity index (χ2n) is 10.4. The lowest BCUT2D eigenvalue weighted by molar-refractivity contribution is 0.122. The number of morpholine rings is 1. The predicted octanol–water partition coefficient (Wildman–Crippen LogP) is 3.23. The van der Waals surface area contributed by atoms with Crippen molar-refractivity contribution in [3.63, 3.8) is 0 Å². The van der Waals surface area contributed by atoms with Gasteiger partial charge in [-0.1, -0.05) is 30.0 Å². The zero-order valence-electron chi connectivity index (χ0n) is 23.6. The van der Waals surface area contributed by atoms with E-state index in [0.29, 0.717) is 68.1 Å². The van der Waals surface area contributed by atoms with E-state index in [9.17, 15) is 8.78 Å². The Morgan fingerprint density at radius 3 is 2.26 bits per heavy atom. The summed E-state index contributed by atoms with van der Waals surface area (Å²) in [5.41, 5.74) is 0.769. The number of benzene rings is 1. The molecule has 0 aliphatic carbocycles. The van der Waals surface area contributed by atoms with Crippen LogP contribution < -0.4 is 14.5 Å². The van der Waals surface area contributed by atoms with E-state index in [1.54, 1.807) is 30.0 Å². The number of piperazine rings is 1. The molecule has 15 heteroatoms. The van der Waals surface area contributed by atoms with Crippen molar-refractivity contribution in [1.82, 2.24) is 34.3 Å². The highest BCUT2D eigenvalue weighted by Crippen LogP contribution is 2.32. The molecule has 0 atom stereocenters. The SMILES string of the molecule is COc1cccc2c1nc(C(F)F)n2-c1nc(N2CCOCC2)nc(N2CCN(C(=S)SCCN3CCCC3)CC2)n1. The second kappa shape index (κ2) is 13.2. The molecule has 0 N–H and O–H groups in total. The average molecular weight is 620 g/mol. The fourth-order valence-corrected chi connectivity index (χ4v) is 6.87. The summed E-state index contributed by atoms with van der Waals surface area (Å²) in [6, 6.07) is 5.15. The standard InChI is InChI=1S/C27H35F2N9O2S2/c1-39-20-6-4-5-19-21(20)30-23(22(28)29)38(19)26-32-24(31-25(33-26)36-13-16-40-17-14-36)35-9-11-37(12-10-35)27(41)42-18-15-34-7-2-3-8-34/h4-6,22H,2-3,7-18H2,1H3. The number of anilines is 2. The van der Waals surface area contributed by atoms with E-state index in [0.717, 1.165) is 29.7 Å². The summed E-state index contributed by atoms with van der Waals surface area (Å²) < 4.78 is 41.8. The quantitative estimate of drug-likeness (QED) is 0.347. The van der Waals surface area contributed by atoms with Gasteiger partial charge in [-0.05, 0) is 38.1 Å². The number of nitrogens with zero attached hydrogens (tertiary/aromatic N) is 9. The van der Waals surface area contributed by atoms with Crippen LogP contribution in [0.3, 0.4) is 0 Å². The van der Waals surface area contributed by atoms with Crippen LogP contribution in [0.15, 0.2) is 18.2 Å². The van der Waals surface area contributed by atoms with Crippen molar-refractivity contribution in [3.05, 3.63) is 24.0 Å². The number of imidazole rings is 1. The van der Waals surface area contributed by atoms with Gasteiger partial charge in [0.1, 0.15) is 15.6 Å². The predicted molar refractivity (Wildman–Crippen MR) is 164 cm³/mol. The van der Waals surface area contributed by atoms with Crippen LogP contribution in [0.4, 0.5) is 20.7 Å². The van der Waals surface area contributed by atoms with Gasteiger partial charge in [-0.3, -0.25) is 4.57 Å². The van der Waals surface area contributed by atoms with Crippen LogP contribution in [-0.4, -0.2) is 124 Å². The van der Waals surface area contributed by atoms with Crippen molar-refractivity contribution in [2.75, 3.05) is 94.8 Å². The molecular weight excluding hydrogens is 584 g/mol. The Kier molecular flexibility index (Phi) is 9.17. The number of thioether (sulfide) groups is 1. The number of likely N-dealkylation sites (tertiary alicyclic amines) is 1. The molecule has 1 aromatic carbocycles. The van der Waals surface area contributed by atoms with Gasteiger partial charge in [-0.2, -0.15) is 15.0 Å². The molecule has 3 aliphatic heterocycles. The van der Waals surface area contributed by atoms with Gasteiger partial charge in [0.05, 0.1) is 25.8 Å². The highest BCUT2D eigenvalue weighted by Gasteiger charge is 2.28. The first kappa shape index (κ1) is 29.2. The van der Waals surface area contributed by atoms with Gasteiger partial charge in [0.25, 0.3) is 6.43 Å². The maximum Gasteiger partial charge on any atom is 0.296 e. The van der Waals surface area contributed by atoms with E-state index in [1.165, 1.54) is 37.6 Å². The van der Waals surface area contributed by atoms with E-state index in [4.69, 9.17) is 31.7 Å². The number of alkyl halides is 2. The molecular formula is C27H35F2N9O2S2. The van der Waals surface area contributed by atoms with E-state index >= 15 is 0 Å². The van der Waals surface area contributed by atoms with Gasteiger partial charge in [-0.15, -0.1) is 0 Å². The summed E-state index contributed by atoms with van der Waals surface area (Å²) >= 11 is 7.50. The molecule has 0 radical (unpaired) electrons. The van der Waals surface area contributed by atoms with Crippen molar-refractivity contribution < 1.29 is 18.3 Å². The van der Waals surface area contributed by atoms with Crippen LogP contribution in [0.25, 0.3) is 17.0 Å². The van der Waals surface area contributed by atoms with Crippen LogP contribution >= 0.6 is 24.0 Å². The third kappa shape index (κ3) is 6.24. The van der Waals surface area contributed by atoms with E-state index in [2.05, 4.69) is 24.7 Å². The summed E-state index contributed by atoms with van der Waals surface area (Å²) in [6.45, 7) is 8.48. The number of para-hydroxylation sites is 1. The second-order valence-corrected chi connectivity index (χ2v) is 12.1. The summed E-state index contributed by atoms with van der Waals surface area (Å²) in [5.74, 6) is 1.93. The van der Waals surface area contributed by atoms with E-state index in [-0.39, 0.29) is 5.95 Å². The Morgan fingerprint density at radius 2 is 1.60 bits per heavy atom. The van der Waals surface area contributed by atoms with Gasteiger partial charge in [0.2, 0.25) is 17.8 Å². The van der Waals surface area contributed by atoms with Crippen molar-refractivity contribution in [2.24, 2.45) is 0 Å². The van der Waals surface area contributed by atoms with Crippen LogP contribution in [0, 0.1) is 0 Å². The van der Waals surface area contributed by atoms with Gasteiger partial charge >= 0.3 is 0 Å². The van der Waals surface area contributed by atoms with Gasteiger partial charge in [0.15, 0.2) is 5.82 Å². The molecule has 0 amide bonds. The van der Waals surface area contributed by atoms with E-state index < -0.39 is 12.2 Å². The number of hydrogen-bond acceptors (Lipinski definition) is 11. The Bertz CT molecular complexity index is 1390. The van der Waals surface area contributed by atoms with Gasteiger partial charge in [0, 0.05) is 51.6 Å². The fraction of sp³-hybridized carbons (Fsp3) is 0.593. The molecule has 226 valence electrons. The maximum atomic E-state index is 14.3. The number of halogens is 2. The Morgan fingerprint density at radius 1 is 0.929 bits per heavy atom. The molecule has 11 nitrogen and oxygen atoms in total. The number of rotatable bonds is 8. The van der Waals surface area contributed by atoms with Crippen LogP contribution in [0.2, 0.25) is 0 Å². The van der Waals surface area contributed by atoms with E-state index in [1.807, 2.05) is 4.90 Å². The van der Waals surface area contributed by atoms with Crippen molar-refractivity contribution >= 4 is 51.2 Å². The fourth-order valence-electron chi connectivity index (χ4n) is 5.55. The maximum absolute atomic E-state index is 14.3. The number of ether oxygens (including phenoxy) is 2. The first-order chi connectivity index (χ1) is 20.5. The highest BCUT2D eigenvalue weighted by molar-refractivity contribution is 8.22.